The Labute approximate surface area is 147 Å². The van der Waals surface area contributed by atoms with Crippen LogP contribution in [0.1, 0.15) is 17.7 Å². The minimum Gasteiger partial charge on any atom is -0.335 e. The fourth-order valence-electron chi connectivity index (χ4n) is 3.47. The van der Waals surface area contributed by atoms with E-state index in [4.69, 9.17) is 0 Å². The minimum atomic E-state index is 0.00752. The van der Waals surface area contributed by atoms with Crippen molar-refractivity contribution in [2.45, 2.75) is 25.9 Å². The average molecular weight is 331 g/mol. The van der Waals surface area contributed by atoms with Crippen molar-refractivity contribution in [2.75, 3.05) is 4.90 Å². The van der Waals surface area contributed by atoms with E-state index >= 15 is 0 Å². The van der Waals surface area contributed by atoms with Crippen LogP contribution in [0.4, 0.5) is 5.69 Å². The molecule has 4 rings (SSSR count). The molecule has 1 aliphatic rings. The highest BCUT2D eigenvalue weighted by Crippen LogP contribution is 2.26. The van der Waals surface area contributed by atoms with Crippen LogP contribution in [0.15, 0.2) is 73.2 Å². The van der Waals surface area contributed by atoms with E-state index in [9.17, 15) is 4.79 Å². The van der Waals surface area contributed by atoms with E-state index in [0.29, 0.717) is 6.54 Å². The minimum absolute atomic E-state index is 0.00752. The molecule has 0 aliphatic carbocycles. The molecule has 126 valence electrons. The predicted octanol–water partition coefficient (Wildman–Crippen LogP) is 3.68. The van der Waals surface area contributed by atoms with Crippen molar-refractivity contribution < 1.29 is 4.79 Å². The maximum Gasteiger partial charge on any atom is 0.230 e. The summed E-state index contributed by atoms with van der Waals surface area (Å²) in [5, 5.41) is 0. The fraction of sp³-hybridized carbons (Fsp3) is 0.238. The van der Waals surface area contributed by atoms with Crippen molar-refractivity contribution >= 4 is 11.6 Å². The largest absolute Gasteiger partial charge is 0.335 e. The zero-order valence-electron chi connectivity index (χ0n) is 14.1. The molecule has 4 nitrogen and oxygen atoms in total. The molecule has 1 amide bonds. The van der Waals surface area contributed by atoms with Gasteiger partial charge in [0.05, 0.1) is 12.9 Å². The van der Waals surface area contributed by atoms with Gasteiger partial charge in [-0.1, -0.05) is 48.5 Å². The third kappa shape index (κ3) is 3.33. The second-order valence-electron chi connectivity index (χ2n) is 6.51. The summed E-state index contributed by atoms with van der Waals surface area (Å²) in [7, 11) is 0. The summed E-state index contributed by atoms with van der Waals surface area (Å²) in [6.45, 7) is 1.46. The van der Waals surface area contributed by atoms with Crippen LogP contribution >= 0.6 is 0 Å². The number of nitrogens with zero attached hydrogens (tertiary/aromatic N) is 3. The summed E-state index contributed by atoms with van der Waals surface area (Å²) in [6.07, 6.45) is 5.36. The second kappa shape index (κ2) is 6.93. The van der Waals surface area contributed by atoms with Gasteiger partial charge in [0.25, 0.3) is 0 Å². The molecule has 1 atom stereocenters. The summed E-state index contributed by atoms with van der Waals surface area (Å²) >= 11 is 0. The Kier molecular flexibility index (Phi) is 4.34. The van der Waals surface area contributed by atoms with Crippen molar-refractivity contribution in [1.29, 1.82) is 0 Å². The normalized spacial score (nSPS) is 16.2. The third-order valence-corrected chi connectivity index (χ3v) is 4.84. The molecule has 4 heteroatoms. The van der Waals surface area contributed by atoms with Gasteiger partial charge in [-0.25, -0.2) is 4.98 Å². The first-order valence-electron chi connectivity index (χ1n) is 8.70. The van der Waals surface area contributed by atoms with Gasteiger partial charge in [-0.05, 0) is 24.1 Å². The summed E-state index contributed by atoms with van der Waals surface area (Å²) in [6, 6.07) is 20.1. The van der Waals surface area contributed by atoms with Crippen LogP contribution in [0.25, 0.3) is 0 Å². The van der Waals surface area contributed by atoms with Gasteiger partial charge in [0.2, 0.25) is 5.91 Å². The molecule has 1 aliphatic heterocycles. The number of aryl methyl sites for hydroxylation is 1. The number of hydrogen-bond donors (Lipinski definition) is 0. The van der Waals surface area contributed by atoms with Gasteiger partial charge in [-0.3, -0.25) is 4.79 Å². The molecule has 0 bridgehead atoms. The first kappa shape index (κ1) is 15.6. The molecule has 1 aromatic heterocycles. The van der Waals surface area contributed by atoms with E-state index in [1.807, 2.05) is 66.0 Å². The topological polar surface area (TPSA) is 38.1 Å². The first-order valence-corrected chi connectivity index (χ1v) is 8.70. The van der Waals surface area contributed by atoms with Crippen LogP contribution in [0, 0.1) is 5.92 Å². The number of anilines is 1. The van der Waals surface area contributed by atoms with Crippen LogP contribution in [0.5, 0.6) is 0 Å². The number of imidazole rings is 1. The maximum atomic E-state index is 13.3. The Morgan fingerprint density at radius 2 is 1.80 bits per heavy atom. The Hall–Kier alpha value is -2.88. The lowest BCUT2D eigenvalue weighted by atomic mass is 9.94. The molecule has 2 aromatic carbocycles. The summed E-state index contributed by atoms with van der Waals surface area (Å²) in [5.74, 6) is 0.204. The number of rotatable bonds is 4. The quantitative estimate of drug-likeness (QED) is 0.731. The number of carbonyl (C=O) groups is 1. The van der Waals surface area contributed by atoms with Crippen molar-refractivity contribution in [2.24, 2.45) is 5.92 Å². The first-order chi connectivity index (χ1) is 12.3. The third-order valence-electron chi connectivity index (χ3n) is 4.84. The van der Waals surface area contributed by atoms with E-state index in [2.05, 4.69) is 21.7 Å². The van der Waals surface area contributed by atoms with Gasteiger partial charge in [0, 0.05) is 36.5 Å². The average Bonchev–Trinajstić information content (AvgIpc) is 3.15. The number of para-hydroxylation sites is 1. The number of hydrogen-bond acceptors (Lipinski definition) is 2. The number of benzene rings is 2. The molecule has 0 radical (unpaired) electrons. The lowest BCUT2D eigenvalue weighted by molar-refractivity contribution is -0.123. The van der Waals surface area contributed by atoms with Gasteiger partial charge in [-0.15, -0.1) is 0 Å². The molecule has 0 N–H and O–H groups in total. The van der Waals surface area contributed by atoms with Crippen molar-refractivity contribution in [3.8, 4) is 0 Å². The van der Waals surface area contributed by atoms with Crippen molar-refractivity contribution in [3.63, 3.8) is 0 Å². The molecule has 2 heterocycles. The van der Waals surface area contributed by atoms with Gasteiger partial charge < -0.3 is 9.47 Å². The molecule has 0 saturated heterocycles. The van der Waals surface area contributed by atoms with E-state index in [1.165, 1.54) is 0 Å². The van der Waals surface area contributed by atoms with Crippen LogP contribution in [-0.2, 0) is 24.3 Å². The van der Waals surface area contributed by atoms with Crippen LogP contribution < -0.4 is 4.90 Å². The van der Waals surface area contributed by atoms with E-state index in [-0.39, 0.29) is 11.8 Å². The summed E-state index contributed by atoms with van der Waals surface area (Å²) in [5.41, 5.74) is 3.24. The van der Waals surface area contributed by atoms with E-state index < -0.39 is 0 Å². The molecular formula is C21H21N3O. The van der Waals surface area contributed by atoms with Gasteiger partial charge in [0.15, 0.2) is 0 Å². The van der Waals surface area contributed by atoms with Crippen molar-refractivity contribution in [3.05, 3.63) is 84.4 Å². The molecule has 25 heavy (non-hydrogen) atoms. The fourth-order valence-corrected chi connectivity index (χ4v) is 3.47. The predicted molar refractivity (Wildman–Crippen MR) is 98.1 cm³/mol. The lowest BCUT2D eigenvalue weighted by Crippen LogP contribution is -2.38. The number of aromatic nitrogens is 2. The summed E-state index contributed by atoms with van der Waals surface area (Å²) in [4.78, 5) is 19.5. The monoisotopic (exact) mass is 331 g/mol. The summed E-state index contributed by atoms with van der Waals surface area (Å²) < 4.78 is 2.15. The Balaban J connectivity index is 1.60. The smallest absolute Gasteiger partial charge is 0.230 e. The van der Waals surface area contributed by atoms with Gasteiger partial charge in [-0.2, -0.15) is 0 Å². The van der Waals surface area contributed by atoms with Crippen LogP contribution in [0.3, 0.4) is 0 Å². The Morgan fingerprint density at radius 3 is 2.56 bits per heavy atom. The lowest BCUT2D eigenvalue weighted by Gasteiger charge is -2.30. The maximum absolute atomic E-state index is 13.3. The van der Waals surface area contributed by atoms with Crippen LogP contribution in [0.2, 0.25) is 0 Å². The molecular weight excluding hydrogens is 310 g/mol. The number of amides is 1. The SMILES string of the molecule is O=C(C1CCn2cncc2C1)N(Cc1ccccc1)c1ccccc1. The molecule has 0 saturated carbocycles. The van der Waals surface area contributed by atoms with Crippen LogP contribution in [-0.4, -0.2) is 15.5 Å². The highest BCUT2D eigenvalue weighted by molar-refractivity contribution is 5.95. The zero-order chi connectivity index (χ0) is 17.1. The van der Waals surface area contributed by atoms with Gasteiger partial charge in [0.1, 0.15) is 0 Å². The number of carbonyl (C=O) groups excluding carboxylic acids is 1. The molecule has 1 unspecified atom stereocenters. The molecule has 3 aromatic rings. The number of fused-ring (bicyclic) bond motifs is 1. The highest BCUT2D eigenvalue weighted by Gasteiger charge is 2.29. The highest BCUT2D eigenvalue weighted by atomic mass is 16.2. The molecule has 0 spiro atoms. The van der Waals surface area contributed by atoms with E-state index in [1.54, 1.807) is 0 Å². The Morgan fingerprint density at radius 1 is 1.08 bits per heavy atom. The van der Waals surface area contributed by atoms with Crippen molar-refractivity contribution in [1.82, 2.24) is 9.55 Å². The Bertz CT molecular complexity index is 842. The van der Waals surface area contributed by atoms with Gasteiger partial charge >= 0.3 is 0 Å². The standard InChI is InChI=1S/C21H21N3O/c25-21(18-11-12-23-16-22-14-20(23)13-18)24(19-9-5-2-6-10-19)15-17-7-3-1-4-8-17/h1-10,14,16,18H,11-13,15H2. The zero-order valence-corrected chi connectivity index (χ0v) is 14.1. The molecule has 0 fully saturated rings. The van der Waals surface area contributed by atoms with E-state index in [0.717, 1.165) is 36.3 Å². The second-order valence-corrected chi connectivity index (χ2v) is 6.51.